The van der Waals surface area contributed by atoms with Crippen molar-refractivity contribution in [1.82, 2.24) is 0 Å². The number of nitrogens with zero attached hydrogens (tertiary/aromatic N) is 2. The largest absolute Gasteiger partial charge is 0.457 e. The fourth-order valence-corrected chi connectivity index (χ4v) is 6.63. The highest BCUT2D eigenvalue weighted by atomic mass is 16.6. The lowest BCUT2D eigenvalue weighted by Gasteiger charge is -2.52. The third kappa shape index (κ3) is 2.72. The lowest BCUT2D eigenvalue weighted by atomic mass is 9.54. The Morgan fingerprint density at radius 2 is 2.14 bits per heavy atom. The smallest absolute Gasteiger partial charge is 0.306 e. The van der Waals surface area contributed by atoms with E-state index in [0.29, 0.717) is 24.7 Å². The molecule has 150 valence electrons. The maximum atomic E-state index is 12.2. The van der Waals surface area contributed by atoms with Crippen LogP contribution in [0.1, 0.15) is 78.1 Å². The Morgan fingerprint density at radius 1 is 1.32 bits per heavy atom. The van der Waals surface area contributed by atoms with Crippen molar-refractivity contribution in [2.24, 2.45) is 22.4 Å². The molecule has 0 aliphatic heterocycles. The van der Waals surface area contributed by atoms with Gasteiger partial charge >= 0.3 is 5.97 Å². The van der Waals surface area contributed by atoms with Crippen LogP contribution in [0.4, 0.5) is 0 Å². The van der Waals surface area contributed by atoms with Crippen molar-refractivity contribution in [3.05, 3.63) is 22.8 Å². The molecule has 2 unspecified atom stereocenters. The topological polar surface area (TPSA) is 82.7 Å². The molecule has 0 saturated heterocycles. The van der Waals surface area contributed by atoms with E-state index in [1.54, 1.807) is 5.57 Å². The highest BCUT2D eigenvalue weighted by Crippen LogP contribution is 2.65. The quantitative estimate of drug-likeness (QED) is 0.420. The van der Waals surface area contributed by atoms with E-state index in [4.69, 9.17) is 9.94 Å². The molecule has 4 aliphatic carbocycles. The van der Waals surface area contributed by atoms with E-state index in [1.807, 2.05) is 6.92 Å². The molecule has 0 aromatic rings. The zero-order valence-electron chi connectivity index (χ0n) is 17.0. The maximum Gasteiger partial charge on any atom is 0.306 e. The summed E-state index contributed by atoms with van der Waals surface area (Å²) in [4.78, 5) is 12.2. The van der Waals surface area contributed by atoms with Gasteiger partial charge in [-0.05, 0) is 80.4 Å². The van der Waals surface area contributed by atoms with Crippen molar-refractivity contribution in [2.75, 3.05) is 0 Å². The van der Waals surface area contributed by atoms with Crippen LogP contribution >= 0.6 is 0 Å². The van der Waals surface area contributed by atoms with Crippen molar-refractivity contribution in [3.8, 4) is 6.07 Å². The fourth-order valence-electron chi connectivity index (χ4n) is 6.63. The molecule has 28 heavy (non-hydrogen) atoms. The minimum absolute atomic E-state index is 0.129. The number of ether oxygens (including phenoxy) is 1. The number of carbonyl (C=O) groups excluding carboxylic acids is 1. The second-order valence-electron chi connectivity index (χ2n) is 9.13. The van der Waals surface area contributed by atoms with Gasteiger partial charge in [0.15, 0.2) is 0 Å². The third-order valence-corrected chi connectivity index (χ3v) is 8.13. The number of hydrogen-bond donors (Lipinski definition) is 1. The SMILES string of the molecule is CCC(=O)O[C@@]1(CC#N)CCC2C3CCC4=CC(=NO)CCC4=C3CC[C@@]21C. The van der Waals surface area contributed by atoms with E-state index in [-0.39, 0.29) is 11.4 Å². The molecule has 5 heteroatoms. The monoisotopic (exact) mass is 382 g/mol. The molecule has 5 nitrogen and oxygen atoms in total. The Kier molecular flexibility index (Phi) is 4.85. The van der Waals surface area contributed by atoms with Gasteiger partial charge in [0.2, 0.25) is 0 Å². The Labute approximate surface area is 167 Å². The highest BCUT2D eigenvalue weighted by molar-refractivity contribution is 5.97. The predicted molar refractivity (Wildman–Crippen MR) is 106 cm³/mol. The lowest BCUT2D eigenvalue weighted by molar-refractivity contribution is -0.176. The van der Waals surface area contributed by atoms with Gasteiger partial charge in [-0.1, -0.05) is 24.6 Å². The highest BCUT2D eigenvalue weighted by Gasteiger charge is 2.63. The lowest BCUT2D eigenvalue weighted by Crippen LogP contribution is -2.52. The van der Waals surface area contributed by atoms with E-state index < -0.39 is 5.60 Å². The van der Waals surface area contributed by atoms with Crippen LogP contribution in [0.5, 0.6) is 0 Å². The Morgan fingerprint density at radius 3 is 2.86 bits per heavy atom. The number of rotatable bonds is 3. The van der Waals surface area contributed by atoms with Crippen molar-refractivity contribution in [3.63, 3.8) is 0 Å². The molecule has 4 atom stereocenters. The summed E-state index contributed by atoms with van der Waals surface area (Å²) in [7, 11) is 0. The van der Waals surface area contributed by atoms with Crippen LogP contribution in [0.3, 0.4) is 0 Å². The molecule has 2 saturated carbocycles. The standard InChI is InChI=1S/C23H30N2O3/c1-3-21(26)28-23(12-13-24)11-9-20-19-6-4-15-14-16(25-27)5-7-17(15)18(19)8-10-22(20,23)2/h14,19-20,27H,3-12H2,1-2H3/t19?,20?,22-,23+/m0/s1. The molecule has 4 rings (SSSR count). The van der Waals surface area contributed by atoms with Gasteiger partial charge in [-0.3, -0.25) is 4.79 Å². The molecule has 0 aromatic heterocycles. The normalized spacial score (nSPS) is 38.2. The van der Waals surface area contributed by atoms with E-state index >= 15 is 0 Å². The molecule has 0 amide bonds. The van der Waals surface area contributed by atoms with Crippen LogP contribution < -0.4 is 0 Å². The van der Waals surface area contributed by atoms with Gasteiger partial charge in [-0.25, -0.2) is 0 Å². The Bertz CT molecular complexity index is 818. The average molecular weight is 383 g/mol. The minimum Gasteiger partial charge on any atom is -0.457 e. The van der Waals surface area contributed by atoms with E-state index in [0.717, 1.165) is 57.1 Å². The summed E-state index contributed by atoms with van der Waals surface area (Å²) in [6, 6.07) is 2.33. The van der Waals surface area contributed by atoms with Crippen molar-refractivity contribution in [1.29, 1.82) is 5.26 Å². The number of oxime groups is 1. The first-order valence-corrected chi connectivity index (χ1v) is 10.7. The third-order valence-electron chi connectivity index (χ3n) is 8.13. The van der Waals surface area contributed by atoms with E-state index in [9.17, 15) is 10.1 Å². The summed E-state index contributed by atoms with van der Waals surface area (Å²) in [6.45, 7) is 4.09. The molecule has 1 N–H and O–H groups in total. The number of nitriles is 1. The summed E-state index contributed by atoms with van der Waals surface area (Å²) < 4.78 is 6.04. The number of carbonyl (C=O) groups is 1. The Hall–Kier alpha value is -2.09. The fraction of sp³-hybridized carbons (Fsp3) is 0.696. The van der Waals surface area contributed by atoms with Gasteiger partial charge in [-0.15, -0.1) is 0 Å². The van der Waals surface area contributed by atoms with Gasteiger partial charge < -0.3 is 9.94 Å². The minimum atomic E-state index is -0.630. The first kappa shape index (κ1) is 19.2. The van der Waals surface area contributed by atoms with Crippen LogP contribution in [-0.4, -0.2) is 22.5 Å². The van der Waals surface area contributed by atoms with Crippen LogP contribution in [0, 0.1) is 28.6 Å². The molecular formula is C23H30N2O3. The maximum absolute atomic E-state index is 12.2. The summed E-state index contributed by atoms with van der Waals surface area (Å²) >= 11 is 0. The number of fused-ring (bicyclic) bond motifs is 4. The number of hydrogen-bond acceptors (Lipinski definition) is 5. The van der Waals surface area contributed by atoms with Crippen molar-refractivity contribution >= 4 is 11.7 Å². The zero-order chi connectivity index (χ0) is 19.9. The first-order valence-electron chi connectivity index (χ1n) is 10.7. The van der Waals surface area contributed by atoms with E-state index in [2.05, 4.69) is 24.2 Å². The molecule has 0 heterocycles. The molecule has 0 radical (unpaired) electrons. The van der Waals surface area contributed by atoms with Crippen molar-refractivity contribution < 1.29 is 14.7 Å². The average Bonchev–Trinajstić information content (AvgIpc) is 2.99. The summed E-state index contributed by atoms with van der Waals surface area (Å²) in [5, 5.41) is 22.1. The second kappa shape index (κ2) is 7.06. The first-order chi connectivity index (χ1) is 13.5. The molecule has 4 aliphatic rings. The van der Waals surface area contributed by atoms with Crippen LogP contribution in [0.25, 0.3) is 0 Å². The van der Waals surface area contributed by atoms with Gasteiger partial charge in [0.1, 0.15) is 5.60 Å². The van der Waals surface area contributed by atoms with Gasteiger partial charge in [0.25, 0.3) is 0 Å². The number of esters is 1. The Balaban J connectivity index is 1.69. The van der Waals surface area contributed by atoms with E-state index in [1.165, 1.54) is 11.1 Å². The second-order valence-corrected chi connectivity index (χ2v) is 9.13. The van der Waals surface area contributed by atoms with Gasteiger partial charge in [-0.2, -0.15) is 5.26 Å². The molecule has 0 spiro atoms. The van der Waals surface area contributed by atoms with Gasteiger partial charge in [0.05, 0.1) is 18.2 Å². The molecule has 2 fully saturated rings. The van der Waals surface area contributed by atoms with Gasteiger partial charge in [0, 0.05) is 11.8 Å². The molecular weight excluding hydrogens is 352 g/mol. The summed E-state index contributed by atoms with van der Waals surface area (Å²) in [5.74, 6) is 0.814. The van der Waals surface area contributed by atoms with Crippen LogP contribution in [0.15, 0.2) is 28.0 Å². The zero-order valence-corrected chi connectivity index (χ0v) is 17.0. The predicted octanol–water partition coefficient (Wildman–Crippen LogP) is 5.06. The van der Waals surface area contributed by atoms with Crippen molar-refractivity contribution in [2.45, 2.75) is 83.7 Å². The molecule has 0 aromatic carbocycles. The summed E-state index contributed by atoms with van der Waals surface area (Å²) in [5.41, 5.74) is 4.47. The van der Waals surface area contributed by atoms with Crippen LogP contribution in [0.2, 0.25) is 0 Å². The molecule has 0 bridgehead atoms. The number of allylic oxidation sites excluding steroid dienone is 4. The summed E-state index contributed by atoms with van der Waals surface area (Å²) in [6.07, 6.45) is 10.5. The van der Waals surface area contributed by atoms with Crippen LogP contribution in [-0.2, 0) is 9.53 Å².